The molecule has 1 heterocycles. The number of benzene rings is 1. The van der Waals surface area contributed by atoms with Crippen molar-refractivity contribution in [2.24, 2.45) is 11.8 Å². The van der Waals surface area contributed by atoms with Crippen molar-refractivity contribution in [3.8, 4) is 0 Å². The molecule has 0 radical (unpaired) electrons. The predicted molar refractivity (Wildman–Crippen MR) is 82.3 cm³/mol. The number of anilines is 2. The lowest BCUT2D eigenvalue weighted by atomic mass is 10.0. The molecule has 2 N–H and O–H groups in total. The maximum Gasteiger partial charge on any atom is 0.244 e. The minimum Gasteiger partial charge on any atom is -0.396 e. The van der Waals surface area contributed by atoms with E-state index in [1.54, 1.807) is 12.1 Å². The van der Waals surface area contributed by atoms with Crippen LogP contribution < -0.4 is 10.6 Å². The normalized spacial score (nSPS) is 23.6. The Morgan fingerprint density at radius 3 is 2.25 bits per heavy atom. The molecule has 1 fully saturated rings. The van der Waals surface area contributed by atoms with Gasteiger partial charge in [-0.25, -0.2) is 12.7 Å². The molecule has 0 saturated carbocycles. The minimum atomic E-state index is -3.51. The van der Waals surface area contributed by atoms with Crippen molar-refractivity contribution in [3.05, 3.63) is 18.2 Å². The summed E-state index contributed by atoms with van der Waals surface area (Å²) in [5.74, 6) is 1.17. The van der Waals surface area contributed by atoms with Crippen molar-refractivity contribution >= 4 is 21.4 Å². The van der Waals surface area contributed by atoms with Gasteiger partial charge in [-0.2, -0.15) is 0 Å². The molecular formula is C14H23N3O2S. The third-order valence-electron chi connectivity index (χ3n) is 4.13. The van der Waals surface area contributed by atoms with Crippen LogP contribution in [0.4, 0.5) is 11.4 Å². The summed E-state index contributed by atoms with van der Waals surface area (Å²) in [4.78, 5) is 2.37. The summed E-state index contributed by atoms with van der Waals surface area (Å²) in [5, 5.41) is 0. The quantitative estimate of drug-likeness (QED) is 0.861. The first-order valence-electron chi connectivity index (χ1n) is 6.81. The number of nitrogens with two attached hydrogens (primary N) is 1. The van der Waals surface area contributed by atoms with Gasteiger partial charge in [-0.3, -0.25) is 0 Å². The monoisotopic (exact) mass is 297 g/mol. The summed E-state index contributed by atoms with van der Waals surface area (Å²) in [5.41, 5.74) is 7.30. The van der Waals surface area contributed by atoms with E-state index in [1.807, 2.05) is 6.07 Å². The van der Waals surface area contributed by atoms with Crippen LogP contribution in [0.15, 0.2) is 23.1 Å². The molecule has 2 rings (SSSR count). The maximum atomic E-state index is 12.3. The van der Waals surface area contributed by atoms with Gasteiger partial charge in [0.05, 0.1) is 11.4 Å². The summed E-state index contributed by atoms with van der Waals surface area (Å²) in [6, 6.07) is 5.22. The Bertz CT molecular complexity index is 588. The SMILES string of the molecule is CC1CN(c2cccc(S(=O)(=O)N(C)C)c2N)CC1C. The minimum absolute atomic E-state index is 0.187. The highest BCUT2D eigenvalue weighted by atomic mass is 32.2. The summed E-state index contributed by atoms with van der Waals surface area (Å²) in [6.07, 6.45) is 0. The van der Waals surface area contributed by atoms with Gasteiger partial charge >= 0.3 is 0 Å². The first kappa shape index (κ1) is 15.1. The van der Waals surface area contributed by atoms with Gasteiger partial charge in [0.15, 0.2) is 0 Å². The van der Waals surface area contributed by atoms with Gasteiger partial charge in [0.1, 0.15) is 4.90 Å². The zero-order valence-corrected chi connectivity index (χ0v) is 13.3. The van der Waals surface area contributed by atoms with Gasteiger partial charge in [-0.1, -0.05) is 19.9 Å². The predicted octanol–water partition coefficient (Wildman–Crippen LogP) is 1.61. The Kier molecular flexibility index (Phi) is 3.97. The van der Waals surface area contributed by atoms with E-state index in [-0.39, 0.29) is 4.90 Å². The number of nitrogens with zero attached hydrogens (tertiary/aromatic N) is 2. The highest BCUT2D eigenvalue weighted by Gasteiger charge is 2.29. The largest absolute Gasteiger partial charge is 0.396 e. The highest BCUT2D eigenvalue weighted by molar-refractivity contribution is 7.89. The van der Waals surface area contributed by atoms with E-state index < -0.39 is 10.0 Å². The standard InChI is InChI=1S/C14H23N3O2S/c1-10-8-17(9-11(10)2)12-6-5-7-13(14(12)15)20(18,19)16(3)4/h5-7,10-11H,8-9,15H2,1-4H3. The van der Waals surface area contributed by atoms with E-state index in [0.29, 0.717) is 17.5 Å². The van der Waals surface area contributed by atoms with Crippen molar-refractivity contribution in [2.45, 2.75) is 18.7 Å². The van der Waals surface area contributed by atoms with Crippen molar-refractivity contribution in [1.82, 2.24) is 4.31 Å². The van der Waals surface area contributed by atoms with Crippen molar-refractivity contribution in [2.75, 3.05) is 37.8 Å². The van der Waals surface area contributed by atoms with E-state index >= 15 is 0 Å². The van der Waals surface area contributed by atoms with Gasteiger partial charge in [0.25, 0.3) is 0 Å². The Morgan fingerprint density at radius 1 is 1.20 bits per heavy atom. The number of hydrogen-bond acceptors (Lipinski definition) is 4. The Labute approximate surface area is 121 Å². The second-order valence-corrected chi connectivity index (χ2v) is 7.96. The molecule has 0 bridgehead atoms. The molecule has 1 aromatic carbocycles. The fourth-order valence-electron chi connectivity index (χ4n) is 2.56. The van der Waals surface area contributed by atoms with Gasteiger partial charge in [0.2, 0.25) is 10.0 Å². The lowest BCUT2D eigenvalue weighted by molar-refractivity contribution is 0.494. The average Bonchev–Trinajstić information content (AvgIpc) is 2.69. The molecule has 0 aliphatic carbocycles. The zero-order valence-electron chi connectivity index (χ0n) is 12.5. The Balaban J connectivity index is 2.44. The molecular weight excluding hydrogens is 274 g/mol. The second-order valence-electron chi connectivity index (χ2n) is 5.84. The molecule has 0 spiro atoms. The zero-order chi connectivity index (χ0) is 15.1. The average molecular weight is 297 g/mol. The molecule has 2 atom stereocenters. The highest BCUT2D eigenvalue weighted by Crippen LogP contribution is 2.35. The van der Waals surface area contributed by atoms with Gasteiger partial charge in [-0.05, 0) is 24.0 Å². The number of sulfonamides is 1. The summed E-state index contributed by atoms with van der Waals surface area (Å²) in [7, 11) is -0.474. The van der Waals surface area contributed by atoms with E-state index in [9.17, 15) is 8.42 Å². The fraction of sp³-hybridized carbons (Fsp3) is 0.571. The van der Waals surface area contributed by atoms with Crippen LogP contribution in [0.25, 0.3) is 0 Å². The van der Waals surface area contributed by atoms with Crippen molar-refractivity contribution in [1.29, 1.82) is 0 Å². The first-order valence-corrected chi connectivity index (χ1v) is 8.25. The number of para-hydroxylation sites is 1. The third-order valence-corrected chi connectivity index (χ3v) is 6.00. The molecule has 1 saturated heterocycles. The number of nitrogen functional groups attached to an aromatic ring is 1. The second kappa shape index (κ2) is 5.26. The lowest BCUT2D eigenvalue weighted by Crippen LogP contribution is -2.25. The Hall–Kier alpha value is -1.27. The van der Waals surface area contributed by atoms with Crippen LogP contribution in [0, 0.1) is 11.8 Å². The molecule has 20 heavy (non-hydrogen) atoms. The van der Waals surface area contributed by atoms with Gasteiger partial charge < -0.3 is 10.6 Å². The van der Waals surface area contributed by atoms with Gasteiger partial charge in [0, 0.05) is 27.2 Å². The van der Waals surface area contributed by atoms with Crippen molar-refractivity contribution < 1.29 is 8.42 Å². The molecule has 5 nitrogen and oxygen atoms in total. The smallest absolute Gasteiger partial charge is 0.244 e. The lowest BCUT2D eigenvalue weighted by Gasteiger charge is -2.23. The molecule has 1 aliphatic heterocycles. The molecule has 0 amide bonds. The fourth-order valence-corrected chi connectivity index (χ4v) is 3.58. The molecule has 0 aromatic heterocycles. The van der Waals surface area contributed by atoms with E-state index in [2.05, 4.69) is 18.7 Å². The van der Waals surface area contributed by atoms with Crippen LogP contribution in [0.1, 0.15) is 13.8 Å². The topological polar surface area (TPSA) is 66.6 Å². The number of rotatable bonds is 3. The third kappa shape index (κ3) is 2.50. The molecule has 2 unspecified atom stereocenters. The van der Waals surface area contributed by atoms with E-state index in [1.165, 1.54) is 18.4 Å². The van der Waals surface area contributed by atoms with E-state index in [0.717, 1.165) is 18.8 Å². The van der Waals surface area contributed by atoms with Crippen LogP contribution in [0.2, 0.25) is 0 Å². The molecule has 1 aliphatic rings. The Morgan fingerprint density at radius 2 is 1.75 bits per heavy atom. The van der Waals surface area contributed by atoms with Crippen LogP contribution in [-0.2, 0) is 10.0 Å². The van der Waals surface area contributed by atoms with Gasteiger partial charge in [-0.15, -0.1) is 0 Å². The van der Waals surface area contributed by atoms with Crippen molar-refractivity contribution in [3.63, 3.8) is 0 Å². The number of hydrogen-bond donors (Lipinski definition) is 1. The van der Waals surface area contributed by atoms with E-state index in [4.69, 9.17) is 5.73 Å². The van der Waals surface area contributed by atoms with Crippen LogP contribution >= 0.6 is 0 Å². The summed E-state index contributed by atoms with van der Waals surface area (Å²) < 4.78 is 25.7. The molecule has 1 aromatic rings. The van der Waals surface area contributed by atoms with Crippen LogP contribution in [0.5, 0.6) is 0 Å². The molecule has 112 valence electrons. The summed E-state index contributed by atoms with van der Waals surface area (Å²) >= 11 is 0. The maximum absolute atomic E-state index is 12.3. The van der Waals surface area contributed by atoms with Crippen LogP contribution in [-0.4, -0.2) is 39.9 Å². The first-order chi connectivity index (χ1) is 9.25. The summed E-state index contributed by atoms with van der Waals surface area (Å²) in [6.45, 7) is 6.25. The molecule has 6 heteroatoms. The van der Waals surface area contributed by atoms with Crippen LogP contribution in [0.3, 0.4) is 0 Å².